The molecule has 0 fully saturated rings. The maximum atomic E-state index is 12.5. The van der Waals surface area contributed by atoms with Crippen LogP contribution < -0.4 is 0 Å². The van der Waals surface area contributed by atoms with Gasteiger partial charge < -0.3 is 14.4 Å². The first-order chi connectivity index (χ1) is 10.8. The van der Waals surface area contributed by atoms with Crippen molar-refractivity contribution in [1.82, 2.24) is 4.90 Å². The number of ether oxygens (including phenoxy) is 2. The zero-order chi connectivity index (χ0) is 17.0. The normalized spacial score (nSPS) is 17.4. The van der Waals surface area contributed by atoms with Gasteiger partial charge in [0.2, 0.25) is 0 Å². The van der Waals surface area contributed by atoms with Gasteiger partial charge in [-0.05, 0) is 44.7 Å². The molecular formula is C18H25NO4. The zero-order valence-electron chi connectivity index (χ0n) is 14.3. The van der Waals surface area contributed by atoms with Crippen LogP contribution in [0.5, 0.6) is 0 Å². The topological polar surface area (TPSA) is 55.8 Å². The summed E-state index contributed by atoms with van der Waals surface area (Å²) in [6.45, 7) is 6.16. The number of esters is 1. The minimum absolute atomic E-state index is 0.158. The van der Waals surface area contributed by atoms with Gasteiger partial charge in [-0.2, -0.15) is 0 Å². The van der Waals surface area contributed by atoms with Gasteiger partial charge in [-0.25, -0.2) is 4.79 Å². The highest BCUT2D eigenvalue weighted by Crippen LogP contribution is 2.34. The van der Waals surface area contributed by atoms with Gasteiger partial charge in [0.05, 0.1) is 13.2 Å². The number of nitrogens with zero attached hydrogens (tertiary/aromatic N) is 1. The van der Waals surface area contributed by atoms with Crippen molar-refractivity contribution < 1.29 is 19.1 Å². The van der Waals surface area contributed by atoms with E-state index in [1.165, 1.54) is 12.7 Å². The molecule has 1 aliphatic rings. The second kappa shape index (κ2) is 7.02. The van der Waals surface area contributed by atoms with Gasteiger partial charge in [-0.15, -0.1) is 0 Å². The van der Waals surface area contributed by atoms with Crippen molar-refractivity contribution in [3.63, 3.8) is 0 Å². The lowest BCUT2D eigenvalue weighted by Gasteiger charge is -2.38. The molecule has 0 N–H and O–H groups in total. The fraction of sp³-hybridized carbons (Fsp3) is 0.556. The Labute approximate surface area is 137 Å². The molecule has 0 aliphatic carbocycles. The van der Waals surface area contributed by atoms with Crippen molar-refractivity contribution in [3.05, 3.63) is 35.4 Å². The summed E-state index contributed by atoms with van der Waals surface area (Å²) in [6.07, 6.45) is 1.27. The molecule has 1 aromatic rings. The van der Waals surface area contributed by atoms with E-state index < -0.39 is 5.60 Å². The zero-order valence-corrected chi connectivity index (χ0v) is 14.3. The molecule has 5 heteroatoms. The highest BCUT2D eigenvalue weighted by molar-refractivity contribution is 5.71. The predicted octanol–water partition coefficient (Wildman–Crippen LogP) is 3.47. The Kier molecular flexibility index (Phi) is 5.29. The van der Waals surface area contributed by atoms with E-state index in [2.05, 4.69) is 6.07 Å². The number of carbonyl (C=O) groups excluding carboxylic acids is 2. The van der Waals surface area contributed by atoms with Gasteiger partial charge in [0.1, 0.15) is 5.60 Å². The molecule has 0 spiro atoms. The molecule has 5 nitrogen and oxygen atoms in total. The largest absolute Gasteiger partial charge is 0.469 e. The molecule has 0 bridgehead atoms. The Bertz CT molecular complexity index is 577. The Hall–Kier alpha value is -2.04. The van der Waals surface area contributed by atoms with E-state index in [-0.39, 0.29) is 24.5 Å². The van der Waals surface area contributed by atoms with E-state index >= 15 is 0 Å². The van der Waals surface area contributed by atoms with Crippen molar-refractivity contribution in [2.24, 2.45) is 0 Å². The summed E-state index contributed by atoms with van der Waals surface area (Å²) in [4.78, 5) is 25.8. The number of amides is 1. The molecule has 0 saturated carbocycles. The summed E-state index contributed by atoms with van der Waals surface area (Å²) in [6, 6.07) is 7.90. The Morgan fingerprint density at radius 3 is 2.61 bits per heavy atom. The molecule has 1 aromatic carbocycles. The van der Waals surface area contributed by atoms with Crippen molar-refractivity contribution in [1.29, 1.82) is 0 Å². The molecule has 1 amide bonds. The molecule has 126 valence electrons. The van der Waals surface area contributed by atoms with Crippen LogP contribution in [0.1, 0.15) is 50.8 Å². The van der Waals surface area contributed by atoms with Crippen LogP contribution >= 0.6 is 0 Å². The number of methoxy groups -OCH3 is 1. The third kappa shape index (κ3) is 4.47. The molecule has 1 unspecified atom stereocenters. The summed E-state index contributed by atoms with van der Waals surface area (Å²) in [5.41, 5.74) is 1.77. The first-order valence-electron chi connectivity index (χ1n) is 7.96. The number of benzene rings is 1. The van der Waals surface area contributed by atoms with Crippen LogP contribution in [-0.4, -0.2) is 36.2 Å². The predicted molar refractivity (Wildman–Crippen MR) is 87.1 cm³/mol. The third-order valence-corrected chi connectivity index (χ3v) is 3.89. The van der Waals surface area contributed by atoms with Crippen LogP contribution in [0.25, 0.3) is 0 Å². The van der Waals surface area contributed by atoms with E-state index in [1.807, 2.05) is 39.0 Å². The Morgan fingerprint density at radius 1 is 1.26 bits per heavy atom. The fourth-order valence-corrected chi connectivity index (χ4v) is 2.86. The molecule has 23 heavy (non-hydrogen) atoms. The quantitative estimate of drug-likeness (QED) is 0.801. The lowest BCUT2D eigenvalue weighted by molar-refractivity contribution is -0.141. The number of hydrogen-bond donors (Lipinski definition) is 0. The van der Waals surface area contributed by atoms with Crippen molar-refractivity contribution >= 4 is 12.1 Å². The highest BCUT2D eigenvalue weighted by atomic mass is 16.6. The summed E-state index contributed by atoms with van der Waals surface area (Å²) in [7, 11) is 1.38. The summed E-state index contributed by atoms with van der Waals surface area (Å²) in [5.74, 6) is -0.266. The molecule has 0 aromatic heterocycles. The minimum atomic E-state index is -0.541. The summed E-state index contributed by atoms with van der Waals surface area (Å²) < 4.78 is 10.3. The van der Waals surface area contributed by atoms with Gasteiger partial charge in [0, 0.05) is 13.0 Å². The van der Waals surface area contributed by atoms with E-state index in [0.29, 0.717) is 13.0 Å². The van der Waals surface area contributed by atoms with Gasteiger partial charge >= 0.3 is 12.1 Å². The second-order valence-corrected chi connectivity index (χ2v) is 6.75. The maximum absolute atomic E-state index is 12.5. The lowest BCUT2D eigenvalue weighted by Crippen LogP contribution is -2.43. The number of fused-ring (bicyclic) bond motifs is 1. The summed E-state index contributed by atoms with van der Waals surface area (Å²) >= 11 is 0. The van der Waals surface area contributed by atoms with Gasteiger partial charge in [-0.1, -0.05) is 24.3 Å². The fourth-order valence-electron chi connectivity index (χ4n) is 2.86. The van der Waals surface area contributed by atoms with Crippen LogP contribution in [0.3, 0.4) is 0 Å². The van der Waals surface area contributed by atoms with E-state index in [0.717, 1.165) is 12.0 Å². The van der Waals surface area contributed by atoms with Gasteiger partial charge in [0.15, 0.2) is 0 Å². The van der Waals surface area contributed by atoms with Crippen molar-refractivity contribution in [2.45, 2.75) is 51.7 Å². The molecule has 2 rings (SSSR count). The van der Waals surface area contributed by atoms with Gasteiger partial charge in [0.25, 0.3) is 0 Å². The van der Waals surface area contributed by atoms with Crippen LogP contribution in [0.4, 0.5) is 4.79 Å². The highest BCUT2D eigenvalue weighted by Gasteiger charge is 2.33. The van der Waals surface area contributed by atoms with Crippen LogP contribution in [0.2, 0.25) is 0 Å². The molecule has 1 aliphatic heterocycles. The number of rotatable bonds is 3. The molecule has 1 heterocycles. The third-order valence-electron chi connectivity index (χ3n) is 3.89. The average molecular weight is 319 g/mol. The van der Waals surface area contributed by atoms with E-state index in [4.69, 9.17) is 9.47 Å². The molecular weight excluding hydrogens is 294 g/mol. The lowest BCUT2D eigenvalue weighted by atomic mass is 9.90. The first-order valence-corrected chi connectivity index (χ1v) is 7.96. The monoisotopic (exact) mass is 319 g/mol. The summed E-state index contributed by atoms with van der Waals surface area (Å²) in [5, 5.41) is 0. The Balaban J connectivity index is 2.23. The second-order valence-electron chi connectivity index (χ2n) is 6.75. The first kappa shape index (κ1) is 17.3. The molecule has 1 atom stereocenters. The smallest absolute Gasteiger partial charge is 0.410 e. The van der Waals surface area contributed by atoms with Crippen molar-refractivity contribution in [2.75, 3.05) is 13.7 Å². The number of carbonyl (C=O) groups is 2. The minimum Gasteiger partial charge on any atom is -0.469 e. The maximum Gasteiger partial charge on any atom is 0.410 e. The van der Waals surface area contributed by atoms with Crippen molar-refractivity contribution in [3.8, 4) is 0 Å². The van der Waals surface area contributed by atoms with E-state index in [1.54, 1.807) is 4.90 Å². The van der Waals surface area contributed by atoms with E-state index in [9.17, 15) is 9.59 Å². The molecule has 0 saturated heterocycles. The number of hydrogen-bond acceptors (Lipinski definition) is 4. The Morgan fingerprint density at radius 2 is 1.96 bits per heavy atom. The average Bonchev–Trinajstić information content (AvgIpc) is 2.50. The van der Waals surface area contributed by atoms with Gasteiger partial charge in [-0.3, -0.25) is 4.79 Å². The molecule has 0 radical (unpaired) electrons. The van der Waals surface area contributed by atoms with Crippen LogP contribution in [-0.2, 0) is 20.7 Å². The van der Waals surface area contributed by atoms with Crippen LogP contribution in [0.15, 0.2) is 24.3 Å². The standard InChI is InChI=1S/C18H25NO4/c1-18(2,3)23-17(21)19-12-11-13-7-5-6-8-14(13)15(19)9-10-16(20)22-4/h5-8,15H,9-12H2,1-4H3. The van der Waals surface area contributed by atoms with Crippen LogP contribution in [0, 0.1) is 0 Å². The SMILES string of the molecule is COC(=O)CCC1c2ccccc2CCN1C(=O)OC(C)(C)C.